The maximum Gasteiger partial charge on any atom is 0.263 e. The molecule has 25 heavy (non-hydrogen) atoms. The molecular formula is C20H20N2O3. The summed E-state index contributed by atoms with van der Waals surface area (Å²) in [5, 5.41) is 0. The van der Waals surface area contributed by atoms with E-state index in [-0.39, 0.29) is 17.3 Å². The fraction of sp³-hybridized carbons (Fsp3) is 0.350. The van der Waals surface area contributed by atoms with Gasteiger partial charge in [0.15, 0.2) is 5.78 Å². The Kier molecular flexibility index (Phi) is 3.79. The number of pyridine rings is 1. The van der Waals surface area contributed by atoms with Gasteiger partial charge in [0, 0.05) is 24.2 Å². The molecule has 0 fully saturated rings. The molecule has 1 aliphatic carbocycles. The molecule has 0 spiro atoms. The number of nitrogens with one attached hydrogen (secondary N) is 1. The van der Waals surface area contributed by atoms with E-state index in [2.05, 4.69) is 11.9 Å². The van der Waals surface area contributed by atoms with Crippen LogP contribution in [0.1, 0.15) is 57.3 Å². The van der Waals surface area contributed by atoms with Crippen LogP contribution in [-0.4, -0.2) is 23.2 Å². The maximum atomic E-state index is 13.1. The summed E-state index contributed by atoms with van der Waals surface area (Å²) in [4.78, 5) is 42.1. The fourth-order valence-electron chi connectivity index (χ4n) is 3.90. The Bertz CT molecular complexity index is 942. The molecule has 4 rings (SSSR count). The van der Waals surface area contributed by atoms with E-state index in [1.807, 2.05) is 18.2 Å². The zero-order valence-electron chi connectivity index (χ0n) is 14.2. The van der Waals surface area contributed by atoms with Crippen molar-refractivity contribution < 1.29 is 9.59 Å². The Hall–Kier alpha value is -2.69. The first kappa shape index (κ1) is 15.8. The summed E-state index contributed by atoms with van der Waals surface area (Å²) in [5.41, 5.74) is 3.99. The second-order valence-corrected chi connectivity index (χ2v) is 6.67. The molecule has 0 atom stereocenters. The van der Waals surface area contributed by atoms with Crippen LogP contribution in [0, 0.1) is 0 Å². The van der Waals surface area contributed by atoms with Gasteiger partial charge >= 0.3 is 0 Å². The summed E-state index contributed by atoms with van der Waals surface area (Å²) in [6.45, 7) is 2.62. The number of aromatic nitrogens is 1. The Morgan fingerprint density at radius 2 is 2.04 bits per heavy atom. The van der Waals surface area contributed by atoms with Crippen molar-refractivity contribution >= 4 is 17.4 Å². The SMILES string of the molecule is CCc1cccc2c1N(C(=O)c1cc3c([nH]c1=O)CCCC3=O)CC2. The van der Waals surface area contributed by atoms with Crippen molar-refractivity contribution in [3.63, 3.8) is 0 Å². The number of para-hydroxylation sites is 1. The molecule has 2 aliphatic rings. The second-order valence-electron chi connectivity index (χ2n) is 6.67. The largest absolute Gasteiger partial charge is 0.325 e. The van der Waals surface area contributed by atoms with Gasteiger partial charge < -0.3 is 9.88 Å². The number of aromatic amines is 1. The lowest BCUT2D eigenvalue weighted by Gasteiger charge is -2.21. The normalized spacial score (nSPS) is 15.9. The van der Waals surface area contributed by atoms with Crippen molar-refractivity contribution in [1.29, 1.82) is 0 Å². The highest BCUT2D eigenvalue weighted by atomic mass is 16.2. The summed E-state index contributed by atoms with van der Waals surface area (Å²) in [6, 6.07) is 7.56. The topological polar surface area (TPSA) is 70.2 Å². The van der Waals surface area contributed by atoms with Gasteiger partial charge in [0.25, 0.3) is 11.5 Å². The van der Waals surface area contributed by atoms with Gasteiger partial charge in [-0.3, -0.25) is 14.4 Å². The standard InChI is InChI=1S/C20H20N2O3/c1-2-12-5-3-6-13-9-10-22(18(12)13)20(25)15-11-14-16(21-19(15)24)7-4-8-17(14)23/h3,5-6,11H,2,4,7-10H2,1H3,(H,21,24). The molecule has 0 unspecified atom stereocenters. The number of carbonyl (C=O) groups excluding carboxylic acids is 2. The van der Waals surface area contributed by atoms with Gasteiger partial charge in [0.05, 0.1) is 5.69 Å². The van der Waals surface area contributed by atoms with Gasteiger partial charge in [-0.25, -0.2) is 0 Å². The Morgan fingerprint density at radius 1 is 1.20 bits per heavy atom. The minimum absolute atomic E-state index is 0.00243. The number of amides is 1. The molecule has 2 heterocycles. The monoisotopic (exact) mass is 336 g/mol. The predicted octanol–water partition coefficient (Wildman–Crippen LogP) is 2.66. The highest BCUT2D eigenvalue weighted by Crippen LogP contribution is 2.33. The van der Waals surface area contributed by atoms with Crippen LogP contribution in [0.3, 0.4) is 0 Å². The first-order valence-electron chi connectivity index (χ1n) is 8.82. The van der Waals surface area contributed by atoms with E-state index in [1.54, 1.807) is 4.90 Å². The van der Waals surface area contributed by atoms with Crippen LogP contribution in [0.2, 0.25) is 0 Å². The average molecular weight is 336 g/mol. The summed E-state index contributed by atoms with van der Waals surface area (Å²) in [5.74, 6) is -0.315. The third-order valence-corrected chi connectivity index (χ3v) is 5.19. The molecule has 0 saturated carbocycles. The highest BCUT2D eigenvalue weighted by Gasteiger charge is 2.30. The summed E-state index contributed by atoms with van der Waals surface area (Å²) >= 11 is 0. The maximum absolute atomic E-state index is 13.1. The minimum Gasteiger partial charge on any atom is -0.325 e. The first-order chi connectivity index (χ1) is 12.1. The van der Waals surface area contributed by atoms with Gasteiger partial charge in [-0.1, -0.05) is 25.1 Å². The van der Waals surface area contributed by atoms with Gasteiger partial charge in [0.2, 0.25) is 0 Å². The number of anilines is 1. The lowest BCUT2D eigenvalue weighted by molar-refractivity contribution is 0.0971. The number of aryl methyl sites for hydroxylation is 2. The van der Waals surface area contributed by atoms with E-state index in [9.17, 15) is 14.4 Å². The smallest absolute Gasteiger partial charge is 0.263 e. The second kappa shape index (κ2) is 5.99. The lowest BCUT2D eigenvalue weighted by atomic mass is 9.93. The number of hydrogen-bond donors (Lipinski definition) is 1. The lowest BCUT2D eigenvalue weighted by Crippen LogP contribution is -2.35. The number of nitrogens with zero attached hydrogens (tertiary/aromatic N) is 1. The molecule has 1 N–H and O–H groups in total. The van der Waals surface area contributed by atoms with Crippen molar-refractivity contribution in [3.8, 4) is 0 Å². The molecule has 128 valence electrons. The number of hydrogen-bond acceptors (Lipinski definition) is 3. The molecule has 1 amide bonds. The highest BCUT2D eigenvalue weighted by molar-refractivity contribution is 6.09. The van der Waals surface area contributed by atoms with Gasteiger partial charge in [-0.2, -0.15) is 0 Å². The quantitative estimate of drug-likeness (QED) is 0.916. The van der Waals surface area contributed by atoms with E-state index in [1.165, 1.54) is 6.07 Å². The zero-order valence-corrected chi connectivity index (χ0v) is 14.2. The molecule has 2 aromatic rings. The molecular weight excluding hydrogens is 316 g/mol. The van der Waals surface area contributed by atoms with Crippen molar-refractivity contribution in [2.75, 3.05) is 11.4 Å². The number of H-pyrrole nitrogens is 1. The molecule has 0 radical (unpaired) electrons. The van der Waals surface area contributed by atoms with Crippen LogP contribution < -0.4 is 10.5 Å². The van der Waals surface area contributed by atoms with Crippen LogP contribution in [0.4, 0.5) is 5.69 Å². The Morgan fingerprint density at radius 3 is 2.84 bits per heavy atom. The van der Waals surface area contributed by atoms with Crippen molar-refractivity contribution in [3.05, 3.63) is 62.6 Å². The number of Topliss-reactive ketones (excluding diaryl/α,β-unsaturated/α-hetero) is 1. The van der Waals surface area contributed by atoms with Crippen LogP contribution in [-0.2, 0) is 19.3 Å². The minimum atomic E-state index is -0.402. The fourth-order valence-corrected chi connectivity index (χ4v) is 3.90. The summed E-state index contributed by atoms with van der Waals surface area (Å²) in [7, 11) is 0. The van der Waals surface area contributed by atoms with Crippen LogP contribution >= 0.6 is 0 Å². The van der Waals surface area contributed by atoms with E-state index >= 15 is 0 Å². The van der Waals surface area contributed by atoms with Gasteiger partial charge in [0.1, 0.15) is 5.56 Å². The van der Waals surface area contributed by atoms with Crippen molar-refractivity contribution in [2.45, 2.75) is 39.0 Å². The van der Waals surface area contributed by atoms with Crippen molar-refractivity contribution in [1.82, 2.24) is 4.98 Å². The molecule has 5 nitrogen and oxygen atoms in total. The summed E-state index contributed by atoms with van der Waals surface area (Å²) < 4.78 is 0. The third kappa shape index (κ3) is 2.51. The van der Waals surface area contributed by atoms with Crippen molar-refractivity contribution in [2.24, 2.45) is 0 Å². The predicted molar refractivity (Wildman–Crippen MR) is 95.5 cm³/mol. The molecule has 0 bridgehead atoms. The van der Waals surface area contributed by atoms with E-state index in [0.29, 0.717) is 30.6 Å². The van der Waals surface area contributed by atoms with E-state index in [4.69, 9.17) is 0 Å². The molecule has 5 heteroatoms. The number of ketones is 1. The first-order valence-corrected chi connectivity index (χ1v) is 8.82. The number of rotatable bonds is 2. The van der Waals surface area contributed by atoms with E-state index in [0.717, 1.165) is 36.1 Å². The number of fused-ring (bicyclic) bond motifs is 2. The van der Waals surface area contributed by atoms with Gasteiger partial charge in [-0.05, 0) is 42.9 Å². The Labute approximate surface area is 145 Å². The van der Waals surface area contributed by atoms with Crippen LogP contribution in [0.15, 0.2) is 29.1 Å². The zero-order chi connectivity index (χ0) is 17.6. The number of benzene rings is 1. The average Bonchev–Trinajstić information content (AvgIpc) is 3.05. The summed E-state index contributed by atoms with van der Waals surface area (Å²) in [6.07, 6.45) is 3.51. The number of carbonyl (C=O) groups is 2. The van der Waals surface area contributed by atoms with Gasteiger partial charge in [-0.15, -0.1) is 0 Å². The molecule has 0 saturated heterocycles. The molecule has 1 aromatic heterocycles. The Balaban J connectivity index is 1.78. The van der Waals surface area contributed by atoms with E-state index < -0.39 is 5.56 Å². The third-order valence-electron chi connectivity index (χ3n) is 5.19. The molecule has 1 aromatic carbocycles. The van der Waals surface area contributed by atoms with Crippen LogP contribution in [0.25, 0.3) is 0 Å². The van der Waals surface area contributed by atoms with Crippen LogP contribution in [0.5, 0.6) is 0 Å². The molecule has 1 aliphatic heterocycles.